The van der Waals surface area contributed by atoms with E-state index in [1.54, 1.807) is 0 Å². The van der Waals surface area contributed by atoms with Gasteiger partial charge in [-0.15, -0.1) is 0 Å². The van der Waals surface area contributed by atoms with E-state index in [2.05, 4.69) is 10.5 Å². The third kappa shape index (κ3) is 1.86. The van der Waals surface area contributed by atoms with E-state index in [-0.39, 0.29) is 17.1 Å². The number of alkyl halides is 3. The molecule has 0 aromatic carbocycles. The topological polar surface area (TPSA) is 78.8 Å². The van der Waals surface area contributed by atoms with Crippen LogP contribution in [0, 0.1) is 22.2 Å². The minimum Gasteiger partial charge on any atom is -0.308 e. The number of hydrogen-bond donors (Lipinski definition) is 1. The van der Waals surface area contributed by atoms with Gasteiger partial charge in [0, 0.05) is 5.41 Å². The molecule has 2 saturated carbocycles. The first-order valence-corrected chi connectivity index (χ1v) is 10.3. The van der Waals surface area contributed by atoms with Gasteiger partial charge in [-0.25, -0.2) is 12.7 Å². The van der Waals surface area contributed by atoms with E-state index < -0.39 is 51.2 Å². The number of hydrazone groups is 1. The van der Waals surface area contributed by atoms with Crippen molar-refractivity contribution in [2.75, 3.05) is 12.3 Å². The van der Waals surface area contributed by atoms with Crippen LogP contribution in [0.5, 0.6) is 0 Å². The lowest BCUT2D eigenvalue weighted by atomic mass is 9.69. The fraction of sp³-hybridized carbons (Fsp3) is 0.875. The van der Waals surface area contributed by atoms with Crippen molar-refractivity contribution in [1.29, 1.82) is 0 Å². The van der Waals surface area contributed by atoms with Gasteiger partial charge in [-0.2, -0.15) is 18.3 Å². The molecule has 4 rings (SSSR count). The maximum Gasteiger partial charge on any atom is 0.401 e. The molecule has 1 amide bonds. The number of carbonyl (C=O) groups is 1. The molecule has 4 aliphatic rings. The summed E-state index contributed by atoms with van der Waals surface area (Å²) in [6, 6.07) is -0.575. The summed E-state index contributed by atoms with van der Waals surface area (Å²) in [6.45, 7) is 4.34. The Morgan fingerprint density at radius 2 is 1.96 bits per heavy atom. The quantitative estimate of drug-likeness (QED) is 0.738. The van der Waals surface area contributed by atoms with Crippen molar-refractivity contribution in [3.05, 3.63) is 0 Å². The van der Waals surface area contributed by atoms with E-state index in [0.29, 0.717) is 12.8 Å². The Labute approximate surface area is 150 Å². The number of halogens is 3. The highest BCUT2D eigenvalue weighted by atomic mass is 32.2. The Balaban J connectivity index is 1.76. The summed E-state index contributed by atoms with van der Waals surface area (Å²) in [7, 11) is -3.99. The van der Waals surface area contributed by atoms with Gasteiger partial charge >= 0.3 is 6.18 Å². The number of sulfonamides is 1. The van der Waals surface area contributed by atoms with E-state index in [0.717, 1.165) is 17.6 Å². The summed E-state index contributed by atoms with van der Waals surface area (Å²) in [5.41, 5.74) is -1.86. The SMILES string of the molecule is CC1(C)[C@@H]2CC[C@]13CS(=O)(=O)N(C(=O)C1=NNC[C@]1(C)C(F)(F)F)[C@@H]3C2. The van der Waals surface area contributed by atoms with Gasteiger partial charge in [0.15, 0.2) is 0 Å². The van der Waals surface area contributed by atoms with E-state index in [9.17, 15) is 26.4 Å². The van der Waals surface area contributed by atoms with E-state index in [4.69, 9.17) is 0 Å². The fourth-order valence-corrected chi connectivity index (χ4v) is 8.18. The molecule has 0 aromatic heterocycles. The van der Waals surface area contributed by atoms with Crippen LogP contribution in [-0.2, 0) is 14.8 Å². The monoisotopic (exact) mass is 393 g/mol. The third-order valence-corrected chi connectivity index (χ3v) is 9.49. The molecule has 26 heavy (non-hydrogen) atoms. The molecule has 2 heterocycles. The van der Waals surface area contributed by atoms with Gasteiger partial charge in [0.1, 0.15) is 11.1 Å². The van der Waals surface area contributed by atoms with Crippen LogP contribution in [0.2, 0.25) is 0 Å². The molecule has 0 aromatic rings. The van der Waals surface area contributed by atoms with E-state index >= 15 is 0 Å². The maximum absolute atomic E-state index is 13.5. The standard InChI is InChI=1S/C16H22F3N3O3S/c1-13(2)9-4-5-15(13)8-26(24,25)22(10(15)6-9)12(23)11-14(3,7-20-21-11)16(17,18)19/h9-10,20H,4-8H2,1-3H3/t9-,10-,14+,15-/m1/s1. The second kappa shape index (κ2) is 4.74. The average Bonchev–Trinajstić information content (AvgIpc) is 3.12. The number of nitrogens with zero attached hydrogens (tertiary/aromatic N) is 2. The number of hydrogen-bond acceptors (Lipinski definition) is 5. The maximum atomic E-state index is 13.5. The molecule has 3 fully saturated rings. The summed E-state index contributed by atoms with van der Waals surface area (Å²) < 4.78 is 67.0. The number of rotatable bonds is 1. The highest BCUT2D eigenvalue weighted by Crippen LogP contribution is 2.70. The smallest absolute Gasteiger partial charge is 0.308 e. The van der Waals surface area contributed by atoms with Crippen LogP contribution in [0.15, 0.2) is 5.10 Å². The molecule has 10 heteroatoms. The molecule has 146 valence electrons. The molecule has 1 N–H and O–H groups in total. The van der Waals surface area contributed by atoms with Gasteiger partial charge in [0.2, 0.25) is 10.0 Å². The van der Waals surface area contributed by atoms with E-state index in [1.165, 1.54) is 0 Å². The minimum absolute atomic E-state index is 0.177. The summed E-state index contributed by atoms with van der Waals surface area (Å²) >= 11 is 0. The molecule has 2 aliphatic heterocycles. The molecule has 0 unspecified atom stereocenters. The molecule has 1 saturated heterocycles. The Kier molecular flexibility index (Phi) is 3.29. The van der Waals surface area contributed by atoms with Gasteiger partial charge in [-0.1, -0.05) is 13.8 Å². The first-order chi connectivity index (χ1) is 11.8. The second-order valence-electron chi connectivity index (χ2n) is 8.85. The molecule has 0 radical (unpaired) electrons. The molecule has 6 nitrogen and oxygen atoms in total. The van der Waals surface area contributed by atoms with E-state index in [1.807, 2.05) is 13.8 Å². The highest BCUT2D eigenvalue weighted by molar-refractivity contribution is 7.90. The molecule has 1 spiro atoms. The van der Waals surface area contributed by atoms with Crippen LogP contribution in [-0.4, -0.2) is 48.9 Å². The lowest BCUT2D eigenvalue weighted by molar-refractivity contribution is -0.189. The Bertz CT molecular complexity index is 822. The summed E-state index contributed by atoms with van der Waals surface area (Å²) in [4.78, 5) is 13.0. The zero-order valence-electron chi connectivity index (χ0n) is 14.9. The molecule has 2 aliphatic carbocycles. The van der Waals surface area contributed by atoms with Gasteiger partial charge < -0.3 is 5.43 Å². The molecule has 4 atom stereocenters. The number of nitrogens with one attached hydrogen (secondary N) is 1. The van der Waals surface area contributed by atoms with Crippen LogP contribution in [0.3, 0.4) is 0 Å². The largest absolute Gasteiger partial charge is 0.401 e. The van der Waals surface area contributed by atoms with Crippen LogP contribution in [0.25, 0.3) is 0 Å². The second-order valence-corrected chi connectivity index (χ2v) is 10.7. The summed E-state index contributed by atoms with van der Waals surface area (Å²) in [5.74, 6) is -1.03. The van der Waals surface area contributed by atoms with Crippen LogP contribution in [0.4, 0.5) is 13.2 Å². The van der Waals surface area contributed by atoms with Crippen molar-refractivity contribution in [2.45, 2.75) is 52.3 Å². The zero-order chi connectivity index (χ0) is 19.3. The van der Waals surface area contributed by atoms with Gasteiger partial charge in [0.05, 0.1) is 18.3 Å². The lowest BCUT2D eigenvalue weighted by Gasteiger charge is -2.37. The van der Waals surface area contributed by atoms with Gasteiger partial charge in [-0.05, 0) is 37.5 Å². The Hall–Kier alpha value is -1.32. The van der Waals surface area contributed by atoms with Crippen molar-refractivity contribution in [3.8, 4) is 0 Å². The zero-order valence-corrected chi connectivity index (χ0v) is 15.7. The summed E-state index contributed by atoms with van der Waals surface area (Å²) in [5, 5.41) is 3.57. The van der Waals surface area contributed by atoms with Crippen molar-refractivity contribution < 1.29 is 26.4 Å². The van der Waals surface area contributed by atoms with Crippen molar-refractivity contribution >= 4 is 21.6 Å². The lowest BCUT2D eigenvalue weighted by Crippen LogP contribution is -2.53. The first-order valence-electron chi connectivity index (χ1n) is 8.72. The van der Waals surface area contributed by atoms with Crippen molar-refractivity contribution in [2.24, 2.45) is 27.3 Å². The Morgan fingerprint density at radius 3 is 2.54 bits per heavy atom. The van der Waals surface area contributed by atoms with Crippen LogP contribution < -0.4 is 5.43 Å². The molecular weight excluding hydrogens is 371 g/mol. The predicted molar refractivity (Wildman–Crippen MR) is 87.6 cm³/mol. The number of carbonyl (C=O) groups excluding carboxylic acids is 1. The van der Waals surface area contributed by atoms with Gasteiger partial charge in [0.25, 0.3) is 5.91 Å². The highest BCUT2D eigenvalue weighted by Gasteiger charge is 2.73. The number of amides is 1. The fourth-order valence-electron chi connectivity index (χ4n) is 5.66. The van der Waals surface area contributed by atoms with Crippen LogP contribution >= 0.6 is 0 Å². The van der Waals surface area contributed by atoms with Crippen molar-refractivity contribution in [3.63, 3.8) is 0 Å². The Morgan fingerprint density at radius 1 is 1.31 bits per heavy atom. The van der Waals surface area contributed by atoms with Gasteiger partial charge in [-0.3, -0.25) is 4.79 Å². The predicted octanol–water partition coefficient (Wildman–Crippen LogP) is 1.88. The number of fused-ring (bicyclic) bond motifs is 1. The average molecular weight is 393 g/mol. The summed E-state index contributed by atoms with van der Waals surface area (Å²) in [6.07, 6.45) is -2.62. The normalized spacial score (nSPS) is 42.5. The van der Waals surface area contributed by atoms with Crippen LogP contribution in [0.1, 0.15) is 40.0 Å². The first kappa shape index (κ1) is 18.1. The molecular formula is C16H22F3N3O3S. The molecule has 2 bridgehead atoms. The third-order valence-electron chi connectivity index (χ3n) is 7.59. The van der Waals surface area contributed by atoms with Crippen molar-refractivity contribution in [1.82, 2.24) is 9.73 Å². The minimum atomic E-state index is -4.71.